The Bertz CT molecular complexity index is 763. The van der Waals surface area contributed by atoms with Crippen LogP contribution in [0.1, 0.15) is 37.9 Å². The Hall–Kier alpha value is -3.00. The van der Waals surface area contributed by atoms with Crippen molar-refractivity contribution in [3.8, 4) is 17.6 Å². The van der Waals surface area contributed by atoms with E-state index in [4.69, 9.17) is 14.7 Å². The summed E-state index contributed by atoms with van der Waals surface area (Å²) in [7, 11) is 1.60. The zero-order valence-corrected chi connectivity index (χ0v) is 15.6. The fourth-order valence-corrected chi connectivity index (χ4v) is 2.78. The van der Waals surface area contributed by atoms with Gasteiger partial charge in [0.25, 0.3) is 5.91 Å². The van der Waals surface area contributed by atoms with Crippen molar-refractivity contribution in [2.45, 2.75) is 32.9 Å². The van der Waals surface area contributed by atoms with Crippen LogP contribution in [-0.2, 0) is 4.79 Å². The van der Waals surface area contributed by atoms with E-state index >= 15 is 0 Å². The highest BCUT2D eigenvalue weighted by atomic mass is 16.5. The van der Waals surface area contributed by atoms with E-state index in [1.807, 2.05) is 26.0 Å². The van der Waals surface area contributed by atoms with E-state index in [0.717, 1.165) is 11.3 Å². The van der Waals surface area contributed by atoms with Crippen molar-refractivity contribution < 1.29 is 14.3 Å². The van der Waals surface area contributed by atoms with Crippen LogP contribution in [0.5, 0.6) is 11.5 Å². The van der Waals surface area contributed by atoms with E-state index in [2.05, 4.69) is 6.07 Å². The van der Waals surface area contributed by atoms with Crippen molar-refractivity contribution in [3.05, 3.63) is 59.7 Å². The molecule has 0 radical (unpaired) electrons. The van der Waals surface area contributed by atoms with Gasteiger partial charge in [-0.3, -0.25) is 4.79 Å². The van der Waals surface area contributed by atoms with E-state index in [9.17, 15) is 4.79 Å². The maximum absolute atomic E-state index is 12.9. The molecule has 0 aliphatic carbocycles. The molecule has 0 aromatic heterocycles. The van der Waals surface area contributed by atoms with E-state index < -0.39 is 6.10 Å². The molecule has 0 saturated heterocycles. The van der Waals surface area contributed by atoms with Gasteiger partial charge in [0.2, 0.25) is 0 Å². The zero-order chi connectivity index (χ0) is 19.1. The largest absolute Gasteiger partial charge is 0.497 e. The van der Waals surface area contributed by atoms with Crippen LogP contribution in [0.3, 0.4) is 0 Å². The molecule has 2 aromatic carbocycles. The summed E-state index contributed by atoms with van der Waals surface area (Å²) in [4.78, 5) is 14.6. The maximum atomic E-state index is 12.9. The summed E-state index contributed by atoms with van der Waals surface area (Å²) >= 11 is 0. The molecule has 2 atom stereocenters. The molecular formula is C21H24N2O3. The van der Waals surface area contributed by atoms with Gasteiger partial charge in [-0.2, -0.15) is 5.26 Å². The van der Waals surface area contributed by atoms with Crippen molar-refractivity contribution in [1.29, 1.82) is 5.26 Å². The summed E-state index contributed by atoms with van der Waals surface area (Å²) in [5, 5.41) is 8.92. The van der Waals surface area contributed by atoms with Gasteiger partial charge < -0.3 is 14.4 Å². The summed E-state index contributed by atoms with van der Waals surface area (Å²) in [5.74, 6) is 1.27. The summed E-state index contributed by atoms with van der Waals surface area (Å²) in [6.45, 7) is 6.23. The van der Waals surface area contributed by atoms with Crippen LogP contribution in [0.25, 0.3) is 0 Å². The Morgan fingerprint density at radius 2 is 1.65 bits per heavy atom. The molecule has 2 unspecified atom stereocenters. The number of nitrogens with zero attached hydrogens (tertiary/aromatic N) is 2. The Morgan fingerprint density at radius 1 is 1.08 bits per heavy atom. The predicted molar refractivity (Wildman–Crippen MR) is 100 cm³/mol. The van der Waals surface area contributed by atoms with Crippen LogP contribution >= 0.6 is 0 Å². The summed E-state index contributed by atoms with van der Waals surface area (Å²) < 4.78 is 10.9. The lowest BCUT2D eigenvalue weighted by Gasteiger charge is -2.31. The highest BCUT2D eigenvalue weighted by Gasteiger charge is 2.26. The first-order valence-corrected chi connectivity index (χ1v) is 8.61. The van der Waals surface area contributed by atoms with Crippen LogP contribution in [0.2, 0.25) is 0 Å². The van der Waals surface area contributed by atoms with Gasteiger partial charge in [0.15, 0.2) is 6.10 Å². The standard InChI is InChI=1S/C21H24N2O3/c1-5-23(15(2)18-8-6-17(14-22)7-9-18)21(24)16(3)26-20-12-10-19(25-4)11-13-20/h6-13,15-16H,5H2,1-4H3. The molecule has 136 valence electrons. The second-order valence-corrected chi connectivity index (χ2v) is 5.97. The molecule has 0 aliphatic rings. The number of methoxy groups -OCH3 is 1. The molecule has 2 aromatic rings. The number of hydrogen-bond acceptors (Lipinski definition) is 4. The van der Waals surface area contributed by atoms with Crippen LogP contribution in [0.15, 0.2) is 48.5 Å². The molecule has 0 N–H and O–H groups in total. The average molecular weight is 352 g/mol. The first kappa shape index (κ1) is 19.3. The predicted octanol–water partition coefficient (Wildman–Crippen LogP) is 3.94. The van der Waals surface area contributed by atoms with Gasteiger partial charge in [-0.25, -0.2) is 0 Å². The molecule has 0 saturated carbocycles. The topological polar surface area (TPSA) is 62.6 Å². The van der Waals surface area contributed by atoms with Gasteiger partial charge in [0.1, 0.15) is 11.5 Å². The third-order valence-electron chi connectivity index (χ3n) is 4.33. The minimum atomic E-state index is -0.607. The Balaban J connectivity index is 2.08. The SMILES string of the molecule is CCN(C(=O)C(C)Oc1ccc(OC)cc1)C(C)c1ccc(C#N)cc1. The van der Waals surface area contributed by atoms with Crippen molar-refractivity contribution in [3.63, 3.8) is 0 Å². The normalized spacial score (nSPS) is 12.6. The average Bonchev–Trinajstić information content (AvgIpc) is 2.68. The smallest absolute Gasteiger partial charge is 0.263 e. The molecule has 1 amide bonds. The molecule has 0 aliphatic heterocycles. The van der Waals surface area contributed by atoms with Crippen LogP contribution < -0.4 is 9.47 Å². The fraction of sp³-hybridized carbons (Fsp3) is 0.333. The minimum Gasteiger partial charge on any atom is -0.497 e. The summed E-state index contributed by atoms with van der Waals surface area (Å²) in [6.07, 6.45) is -0.607. The molecule has 0 bridgehead atoms. The molecule has 0 spiro atoms. The number of hydrogen-bond donors (Lipinski definition) is 0. The van der Waals surface area contributed by atoms with Crippen molar-refractivity contribution >= 4 is 5.91 Å². The third-order valence-corrected chi connectivity index (χ3v) is 4.33. The highest BCUT2D eigenvalue weighted by Crippen LogP contribution is 2.23. The quantitative estimate of drug-likeness (QED) is 0.757. The maximum Gasteiger partial charge on any atom is 0.263 e. The van der Waals surface area contributed by atoms with Crippen molar-refractivity contribution in [2.24, 2.45) is 0 Å². The number of rotatable bonds is 7. The third kappa shape index (κ3) is 4.54. The lowest BCUT2D eigenvalue weighted by molar-refractivity contribution is -0.140. The molecular weight excluding hydrogens is 328 g/mol. The van der Waals surface area contributed by atoms with Crippen LogP contribution in [0, 0.1) is 11.3 Å². The van der Waals surface area contributed by atoms with Crippen molar-refractivity contribution in [1.82, 2.24) is 4.90 Å². The minimum absolute atomic E-state index is 0.0832. The number of likely N-dealkylation sites (N-methyl/N-ethyl adjacent to an activating group) is 1. The molecule has 5 heteroatoms. The van der Waals surface area contributed by atoms with Gasteiger partial charge in [-0.1, -0.05) is 12.1 Å². The summed E-state index contributed by atoms with van der Waals surface area (Å²) in [6, 6.07) is 16.4. The molecule has 0 heterocycles. The monoisotopic (exact) mass is 352 g/mol. The zero-order valence-electron chi connectivity index (χ0n) is 15.6. The van der Waals surface area contributed by atoms with Crippen molar-refractivity contribution in [2.75, 3.05) is 13.7 Å². The van der Waals surface area contributed by atoms with E-state index in [1.54, 1.807) is 55.3 Å². The van der Waals surface area contributed by atoms with E-state index in [-0.39, 0.29) is 11.9 Å². The van der Waals surface area contributed by atoms with E-state index in [0.29, 0.717) is 17.9 Å². The first-order valence-electron chi connectivity index (χ1n) is 8.61. The number of amides is 1. The Kier molecular flexibility index (Phi) is 6.62. The van der Waals surface area contributed by atoms with E-state index in [1.165, 1.54) is 0 Å². The van der Waals surface area contributed by atoms with Crippen LogP contribution in [0.4, 0.5) is 0 Å². The van der Waals surface area contributed by atoms with Gasteiger partial charge in [0, 0.05) is 6.54 Å². The number of carbonyl (C=O) groups excluding carboxylic acids is 1. The number of benzene rings is 2. The van der Waals surface area contributed by atoms with Crippen LogP contribution in [-0.4, -0.2) is 30.6 Å². The second-order valence-electron chi connectivity index (χ2n) is 5.97. The highest BCUT2D eigenvalue weighted by molar-refractivity contribution is 5.81. The van der Waals surface area contributed by atoms with Gasteiger partial charge in [0.05, 0.1) is 24.8 Å². The Morgan fingerprint density at radius 3 is 2.15 bits per heavy atom. The fourth-order valence-electron chi connectivity index (χ4n) is 2.78. The van der Waals surface area contributed by atoms with Gasteiger partial charge in [-0.15, -0.1) is 0 Å². The second kappa shape index (κ2) is 8.91. The Labute approximate surface area is 154 Å². The molecule has 2 rings (SSSR count). The first-order chi connectivity index (χ1) is 12.5. The molecule has 26 heavy (non-hydrogen) atoms. The molecule has 0 fully saturated rings. The number of carbonyl (C=O) groups is 1. The molecule has 5 nitrogen and oxygen atoms in total. The van der Waals surface area contributed by atoms with Gasteiger partial charge >= 0.3 is 0 Å². The number of ether oxygens (including phenoxy) is 2. The number of nitriles is 1. The lowest BCUT2D eigenvalue weighted by Crippen LogP contribution is -2.41. The van der Waals surface area contributed by atoms with Gasteiger partial charge in [-0.05, 0) is 62.7 Å². The summed E-state index contributed by atoms with van der Waals surface area (Å²) in [5.41, 5.74) is 1.59. The lowest BCUT2D eigenvalue weighted by atomic mass is 10.0.